The summed E-state index contributed by atoms with van der Waals surface area (Å²) in [4.78, 5) is 26.6. The van der Waals surface area contributed by atoms with Crippen molar-refractivity contribution in [2.24, 2.45) is 5.92 Å². The first-order valence-corrected chi connectivity index (χ1v) is 10.8. The van der Waals surface area contributed by atoms with Crippen LogP contribution in [0, 0.1) is 5.92 Å². The van der Waals surface area contributed by atoms with Crippen LogP contribution in [-0.4, -0.2) is 51.1 Å². The van der Waals surface area contributed by atoms with Crippen molar-refractivity contribution in [2.75, 3.05) is 39.7 Å². The van der Waals surface area contributed by atoms with Crippen molar-refractivity contribution >= 4 is 40.7 Å². The van der Waals surface area contributed by atoms with E-state index in [0.717, 1.165) is 6.42 Å². The molecule has 0 unspecified atom stereocenters. The van der Waals surface area contributed by atoms with Crippen LogP contribution in [0.3, 0.4) is 0 Å². The second kappa shape index (κ2) is 11.8. The molecule has 0 heterocycles. The predicted octanol–water partition coefficient (Wildman–Crippen LogP) is 5.15. The van der Waals surface area contributed by atoms with Crippen LogP contribution in [0.5, 0.6) is 17.2 Å². The van der Waals surface area contributed by atoms with E-state index in [1.165, 1.54) is 32.2 Å². The lowest BCUT2D eigenvalue weighted by molar-refractivity contribution is -0.116. The van der Waals surface area contributed by atoms with Crippen LogP contribution in [0.15, 0.2) is 30.3 Å². The van der Waals surface area contributed by atoms with E-state index in [1.54, 1.807) is 24.3 Å². The molecule has 2 aromatic carbocycles. The summed E-state index contributed by atoms with van der Waals surface area (Å²) in [6.45, 7) is 4.48. The van der Waals surface area contributed by atoms with Crippen molar-refractivity contribution in [3.63, 3.8) is 0 Å². The maximum absolute atomic E-state index is 12.9. The zero-order valence-corrected chi connectivity index (χ0v) is 20.3. The lowest BCUT2D eigenvalue weighted by Gasteiger charge is -2.19. The Morgan fingerprint density at radius 1 is 1.06 bits per heavy atom. The summed E-state index contributed by atoms with van der Waals surface area (Å²) >= 11 is 12.3. The molecule has 7 nitrogen and oxygen atoms in total. The second-order valence-corrected chi connectivity index (χ2v) is 8.42. The number of methoxy groups -OCH3 is 2. The van der Waals surface area contributed by atoms with Gasteiger partial charge >= 0.3 is 0 Å². The fourth-order valence-corrected chi connectivity index (χ4v) is 3.29. The molecule has 0 aromatic heterocycles. The Bertz CT molecular complexity index is 966. The summed E-state index contributed by atoms with van der Waals surface area (Å²) < 4.78 is 16.3. The Hall–Kier alpha value is -2.64. The van der Waals surface area contributed by atoms with Crippen LogP contribution in [0.1, 0.15) is 30.6 Å². The van der Waals surface area contributed by atoms with E-state index in [9.17, 15) is 9.59 Å². The molecule has 0 aliphatic rings. The normalized spacial score (nSPS) is 10.6. The highest BCUT2D eigenvalue weighted by atomic mass is 35.5. The quantitative estimate of drug-likeness (QED) is 0.506. The average Bonchev–Trinajstić information content (AvgIpc) is 2.73. The van der Waals surface area contributed by atoms with Gasteiger partial charge in [-0.15, -0.1) is 0 Å². The van der Waals surface area contributed by atoms with E-state index in [-0.39, 0.29) is 17.1 Å². The van der Waals surface area contributed by atoms with E-state index in [1.807, 2.05) is 0 Å². The number of likely N-dealkylation sites (N-methyl/N-ethyl adjacent to an activating group) is 1. The summed E-state index contributed by atoms with van der Waals surface area (Å²) in [6, 6.07) is 7.92. The molecule has 0 atom stereocenters. The molecule has 0 saturated carbocycles. The van der Waals surface area contributed by atoms with Gasteiger partial charge in [0.1, 0.15) is 5.75 Å². The van der Waals surface area contributed by atoms with Gasteiger partial charge in [0.05, 0.1) is 38.1 Å². The topological polar surface area (TPSA) is 77.1 Å². The van der Waals surface area contributed by atoms with Crippen molar-refractivity contribution < 1.29 is 23.8 Å². The third-order valence-corrected chi connectivity index (χ3v) is 5.10. The Balaban J connectivity index is 2.10. The highest BCUT2D eigenvalue weighted by Gasteiger charge is 2.20. The Morgan fingerprint density at radius 3 is 2.38 bits per heavy atom. The van der Waals surface area contributed by atoms with Gasteiger partial charge in [-0.05, 0) is 42.7 Å². The first kappa shape index (κ1) is 25.6. The van der Waals surface area contributed by atoms with Gasteiger partial charge < -0.3 is 24.4 Å². The monoisotopic (exact) mass is 482 g/mol. The molecule has 2 rings (SSSR count). The van der Waals surface area contributed by atoms with E-state index in [4.69, 9.17) is 37.4 Å². The molecule has 1 N–H and O–H groups in total. The molecule has 2 aromatic rings. The van der Waals surface area contributed by atoms with Crippen LogP contribution in [-0.2, 0) is 4.79 Å². The second-order valence-electron chi connectivity index (χ2n) is 7.57. The molecule has 0 aliphatic heterocycles. The molecule has 0 radical (unpaired) electrons. The van der Waals surface area contributed by atoms with Crippen LogP contribution >= 0.6 is 23.2 Å². The number of ether oxygens (including phenoxy) is 3. The number of amides is 2. The summed E-state index contributed by atoms with van der Waals surface area (Å²) in [7, 11) is 4.48. The number of nitrogens with one attached hydrogen (secondary N) is 1. The van der Waals surface area contributed by atoms with Crippen LogP contribution in [0.25, 0.3) is 0 Å². The highest BCUT2D eigenvalue weighted by Crippen LogP contribution is 2.37. The maximum atomic E-state index is 12.9. The molecule has 9 heteroatoms. The van der Waals surface area contributed by atoms with Gasteiger partial charge in [-0.2, -0.15) is 0 Å². The summed E-state index contributed by atoms with van der Waals surface area (Å²) in [5.74, 6) is 0.875. The van der Waals surface area contributed by atoms with Crippen molar-refractivity contribution in [3.05, 3.63) is 45.9 Å². The minimum absolute atomic E-state index is 0.193. The summed E-state index contributed by atoms with van der Waals surface area (Å²) in [6.07, 6.45) is 0.857. The zero-order chi connectivity index (χ0) is 23.8. The molecule has 0 spiro atoms. The number of carbonyl (C=O) groups excluding carboxylic acids is 2. The van der Waals surface area contributed by atoms with E-state index < -0.39 is 11.8 Å². The van der Waals surface area contributed by atoms with Crippen molar-refractivity contribution in [2.45, 2.75) is 20.3 Å². The number of carbonyl (C=O) groups is 2. The van der Waals surface area contributed by atoms with Gasteiger partial charge in [0.2, 0.25) is 5.91 Å². The fourth-order valence-electron chi connectivity index (χ4n) is 2.86. The SMILES string of the molecule is COc1ccc(Cl)cc1NC(=O)CN(C)C(=O)c1cc(Cl)c(OCCC(C)C)c(OC)c1. The standard InChI is InChI=1S/C23H28Cl2N2O5/c1-14(2)8-9-32-22-17(25)10-15(11-20(22)31-5)23(29)27(3)13-21(28)26-18-12-16(24)6-7-19(18)30-4/h6-7,10-12,14H,8-9,13H2,1-5H3,(H,26,28). The van der Waals surface area contributed by atoms with Gasteiger partial charge in [-0.1, -0.05) is 37.0 Å². The third-order valence-electron chi connectivity index (χ3n) is 4.58. The lowest BCUT2D eigenvalue weighted by Crippen LogP contribution is -2.35. The van der Waals surface area contributed by atoms with Gasteiger partial charge in [-0.3, -0.25) is 9.59 Å². The largest absolute Gasteiger partial charge is 0.495 e. The van der Waals surface area contributed by atoms with Crippen LogP contribution in [0.4, 0.5) is 5.69 Å². The smallest absolute Gasteiger partial charge is 0.254 e. The van der Waals surface area contributed by atoms with Crippen LogP contribution in [0.2, 0.25) is 10.0 Å². The highest BCUT2D eigenvalue weighted by molar-refractivity contribution is 6.32. The summed E-state index contributed by atoms with van der Waals surface area (Å²) in [5.41, 5.74) is 0.692. The minimum atomic E-state index is -0.409. The van der Waals surface area contributed by atoms with E-state index in [2.05, 4.69) is 19.2 Å². The lowest BCUT2D eigenvalue weighted by atomic mass is 10.1. The molecule has 2 amide bonds. The molecule has 174 valence electrons. The Kier molecular flexibility index (Phi) is 9.47. The van der Waals surface area contributed by atoms with Gasteiger partial charge in [0.15, 0.2) is 11.5 Å². The molecule has 32 heavy (non-hydrogen) atoms. The first-order chi connectivity index (χ1) is 15.2. The van der Waals surface area contributed by atoms with E-state index >= 15 is 0 Å². The minimum Gasteiger partial charge on any atom is -0.495 e. The van der Waals surface area contributed by atoms with E-state index in [0.29, 0.717) is 40.5 Å². The fraction of sp³-hybridized carbons (Fsp3) is 0.391. The molecule has 0 saturated heterocycles. The third kappa shape index (κ3) is 6.93. The molecule has 0 aliphatic carbocycles. The van der Waals surface area contributed by atoms with Gasteiger partial charge in [0.25, 0.3) is 5.91 Å². The Morgan fingerprint density at radius 2 is 1.75 bits per heavy atom. The summed E-state index contributed by atoms with van der Waals surface area (Å²) in [5, 5.41) is 3.41. The average molecular weight is 483 g/mol. The number of anilines is 1. The Labute approximate surface area is 198 Å². The molecular weight excluding hydrogens is 455 g/mol. The first-order valence-electron chi connectivity index (χ1n) is 10.1. The number of hydrogen-bond donors (Lipinski definition) is 1. The molecular formula is C23H28Cl2N2O5. The van der Waals surface area contributed by atoms with Gasteiger partial charge in [0, 0.05) is 17.6 Å². The van der Waals surface area contributed by atoms with Gasteiger partial charge in [-0.25, -0.2) is 0 Å². The number of halogens is 2. The predicted molar refractivity (Wildman–Crippen MR) is 127 cm³/mol. The van der Waals surface area contributed by atoms with Crippen LogP contribution < -0.4 is 19.5 Å². The number of nitrogens with zero attached hydrogens (tertiary/aromatic N) is 1. The number of hydrogen-bond acceptors (Lipinski definition) is 5. The number of rotatable bonds is 10. The van der Waals surface area contributed by atoms with Crippen molar-refractivity contribution in [1.82, 2.24) is 4.90 Å². The van der Waals surface area contributed by atoms with Crippen molar-refractivity contribution in [1.29, 1.82) is 0 Å². The molecule has 0 fully saturated rings. The van der Waals surface area contributed by atoms with Crippen molar-refractivity contribution in [3.8, 4) is 17.2 Å². The maximum Gasteiger partial charge on any atom is 0.254 e. The number of benzene rings is 2. The zero-order valence-electron chi connectivity index (χ0n) is 18.8. The molecule has 0 bridgehead atoms.